The van der Waals surface area contributed by atoms with Crippen LogP contribution >= 0.6 is 0 Å². The van der Waals surface area contributed by atoms with E-state index >= 15 is 0 Å². The molecule has 0 aromatic heterocycles. The molecule has 0 aliphatic carbocycles. The van der Waals surface area contributed by atoms with Gasteiger partial charge in [-0.15, -0.1) is 0 Å². The molecule has 0 saturated carbocycles. The number of nitrogens with zero attached hydrogens (tertiary/aromatic N) is 2. The van der Waals surface area contributed by atoms with Crippen molar-refractivity contribution in [3.8, 4) is 0 Å². The Balaban J connectivity index is 2.95. The quantitative estimate of drug-likeness (QED) is 0.766. The lowest BCUT2D eigenvalue weighted by molar-refractivity contribution is -0.129. The lowest BCUT2D eigenvalue weighted by Gasteiger charge is -2.25. The van der Waals surface area contributed by atoms with E-state index in [0.717, 1.165) is 0 Å². The van der Waals surface area contributed by atoms with E-state index in [1.54, 1.807) is 29.0 Å². The molecular weight excluding hydrogens is 258 g/mol. The lowest BCUT2D eigenvalue weighted by atomic mass is 10.1. The van der Waals surface area contributed by atoms with Crippen molar-refractivity contribution in [1.29, 1.82) is 0 Å². The number of aromatic carboxylic acids is 1. The van der Waals surface area contributed by atoms with Crippen LogP contribution in [0.15, 0.2) is 18.2 Å². The van der Waals surface area contributed by atoms with Gasteiger partial charge in [-0.25, -0.2) is 4.79 Å². The third-order valence-electron chi connectivity index (χ3n) is 3.15. The predicted octanol–water partition coefficient (Wildman–Crippen LogP) is 1.27. The molecule has 110 valence electrons. The number of amides is 1. The zero-order chi connectivity index (χ0) is 15.3. The number of anilines is 2. The monoisotopic (exact) mass is 279 g/mol. The van der Waals surface area contributed by atoms with Crippen molar-refractivity contribution >= 4 is 23.3 Å². The summed E-state index contributed by atoms with van der Waals surface area (Å²) in [5.41, 5.74) is 6.56. The predicted molar refractivity (Wildman–Crippen MR) is 79.0 cm³/mol. The third-order valence-corrected chi connectivity index (χ3v) is 3.15. The summed E-state index contributed by atoms with van der Waals surface area (Å²) < 4.78 is 0. The second-order valence-corrected chi connectivity index (χ2v) is 4.50. The largest absolute Gasteiger partial charge is 0.478 e. The fourth-order valence-corrected chi connectivity index (χ4v) is 2.02. The Morgan fingerprint density at radius 1 is 1.25 bits per heavy atom. The minimum absolute atomic E-state index is 0.0364. The van der Waals surface area contributed by atoms with Gasteiger partial charge in [0.1, 0.15) is 0 Å². The summed E-state index contributed by atoms with van der Waals surface area (Å²) in [6.07, 6.45) is 0. The van der Waals surface area contributed by atoms with Gasteiger partial charge in [-0.2, -0.15) is 0 Å². The fraction of sp³-hybridized carbons (Fsp3) is 0.429. The summed E-state index contributed by atoms with van der Waals surface area (Å²) in [4.78, 5) is 26.6. The number of likely N-dealkylation sites (N-methyl/N-ethyl adjacent to an activating group) is 2. The number of rotatable bonds is 6. The molecule has 0 spiro atoms. The SMILES string of the molecule is CCN(CC)C(=O)CN(C)c1ccc(N)cc1C(=O)O. The third kappa shape index (κ3) is 3.63. The van der Waals surface area contributed by atoms with Gasteiger partial charge in [0.15, 0.2) is 0 Å². The Labute approximate surface area is 118 Å². The van der Waals surface area contributed by atoms with Gasteiger partial charge in [-0.3, -0.25) is 4.79 Å². The molecule has 20 heavy (non-hydrogen) atoms. The van der Waals surface area contributed by atoms with Crippen LogP contribution in [-0.4, -0.2) is 48.6 Å². The number of carboxylic acid groups (broad SMARTS) is 1. The Kier molecular flexibility index (Phi) is 5.37. The van der Waals surface area contributed by atoms with Crippen molar-refractivity contribution in [3.63, 3.8) is 0 Å². The first-order valence-corrected chi connectivity index (χ1v) is 6.52. The molecule has 0 saturated heterocycles. The van der Waals surface area contributed by atoms with Gasteiger partial charge in [0.05, 0.1) is 17.8 Å². The van der Waals surface area contributed by atoms with E-state index in [0.29, 0.717) is 24.5 Å². The maximum Gasteiger partial charge on any atom is 0.337 e. The lowest BCUT2D eigenvalue weighted by Crippen LogP contribution is -2.39. The van der Waals surface area contributed by atoms with Crippen molar-refractivity contribution in [1.82, 2.24) is 4.90 Å². The van der Waals surface area contributed by atoms with Crippen molar-refractivity contribution in [2.45, 2.75) is 13.8 Å². The summed E-state index contributed by atoms with van der Waals surface area (Å²) in [7, 11) is 1.69. The molecular formula is C14H21N3O3. The highest BCUT2D eigenvalue weighted by molar-refractivity contribution is 5.96. The molecule has 0 heterocycles. The van der Waals surface area contributed by atoms with Gasteiger partial charge in [-0.05, 0) is 32.0 Å². The number of hydrogen-bond donors (Lipinski definition) is 2. The van der Waals surface area contributed by atoms with Crippen molar-refractivity contribution in [3.05, 3.63) is 23.8 Å². The average Bonchev–Trinajstić information content (AvgIpc) is 2.39. The molecule has 0 bridgehead atoms. The molecule has 1 aromatic rings. The Morgan fingerprint density at radius 3 is 2.35 bits per heavy atom. The summed E-state index contributed by atoms with van der Waals surface area (Å²) in [6, 6.07) is 4.64. The molecule has 1 rings (SSSR count). The zero-order valence-corrected chi connectivity index (χ0v) is 12.1. The maximum atomic E-state index is 12.0. The van der Waals surface area contributed by atoms with Crippen molar-refractivity contribution in [2.24, 2.45) is 0 Å². The molecule has 0 atom stereocenters. The van der Waals surface area contributed by atoms with Crippen LogP contribution in [0.3, 0.4) is 0 Å². The van der Waals surface area contributed by atoms with Crippen LogP contribution in [0.4, 0.5) is 11.4 Å². The van der Waals surface area contributed by atoms with Crippen LogP contribution in [0.25, 0.3) is 0 Å². The van der Waals surface area contributed by atoms with Gasteiger partial charge >= 0.3 is 5.97 Å². The number of benzene rings is 1. The van der Waals surface area contributed by atoms with E-state index in [2.05, 4.69) is 0 Å². The standard InChI is InChI=1S/C14H21N3O3/c1-4-17(5-2)13(18)9-16(3)12-7-6-10(15)8-11(12)14(19)20/h6-8H,4-5,9,15H2,1-3H3,(H,19,20). The van der Waals surface area contributed by atoms with Crippen molar-refractivity contribution < 1.29 is 14.7 Å². The highest BCUT2D eigenvalue weighted by Crippen LogP contribution is 2.22. The van der Waals surface area contributed by atoms with E-state index in [1.807, 2.05) is 13.8 Å². The van der Waals surface area contributed by atoms with E-state index in [-0.39, 0.29) is 18.0 Å². The molecule has 0 aliphatic heterocycles. The van der Waals surface area contributed by atoms with Gasteiger partial charge in [-0.1, -0.05) is 0 Å². The maximum absolute atomic E-state index is 12.0. The zero-order valence-electron chi connectivity index (χ0n) is 12.1. The second-order valence-electron chi connectivity index (χ2n) is 4.50. The van der Waals surface area contributed by atoms with Gasteiger partial charge in [0.2, 0.25) is 5.91 Å². The number of carboxylic acids is 1. The first-order chi connectivity index (χ1) is 9.40. The number of nitrogen functional groups attached to an aromatic ring is 1. The first kappa shape index (κ1) is 15.8. The van der Waals surface area contributed by atoms with Crippen LogP contribution < -0.4 is 10.6 Å². The van der Waals surface area contributed by atoms with E-state index in [9.17, 15) is 14.7 Å². The summed E-state index contributed by atoms with van der Waals surface area (Å²) in [5, 5.41) is 9.20. The number of carbonyl (C=O) groups is 2. The molecule has 1 aromatic carbocycles. The van der Waals surface area contributed by atoms with Gasteiger partial charge in [0.25, 0.3) is 0 Å². The molecule has 6 heteroatoms. The summed E-state index contributed by atoms with van der Waals surface area (Å²) >= 11 is 0. The van der Waals surface area contributed by atoms with E-state index < -0.39 is 5.97 Å². The molecule has 0 fully saturated rings. The van der Waals surface area contributed by atoms with Crippen molar-refractivity contribution in [2.75, 3.05) is 37.3 Å². The smallest absolute Gasteiger partial charge is 0.337 e. The van der Waals surface area contributed by atoms with Crippen LogP contribution in [0.5, 0.6) is 0 Å². The highest BCUT2D eigenvalue weighted by Gasteiger charge is 2.18. The Morgan fingerprint density at radius 2 is 1.85 bits per heavy atom. The number of carbonyl (C=O) groups excluding carboxylic acids is 1. The molecule has 3 N–H and O–H groups in total. The molecule has 1 amide bonds. The minimum atomic E-state index is -1.06. The van der Waals surface area contributed by atoms with Crippen LogP contribution in [0, 0.1) is 0 Å². The molecule has 6 nitrogen and oxygen atoms in total. The van der Waals surface area contributed by atoms with E-state index in [4.69, 9.17) is 5.73 Å². The second kappa shape index (κ2) is 6.79. The number of nitrogens with two attached hydrogens (primary N) is 1. The first-order valence-electron chi connectivity index (χ1n) is 6.52. The molecule has 0 aliphatic rings. The van der Waals surface area contributed by atoms with Gasteiger partial charge < -0.3 is 20.6 Å². The normalized spacial score (nSPS) is 10.2. The summed E-state index contributed by atoms with van der Waals surface area (Å²) in [6.45, 7) is 5.22. The highest BCUT2D eigenvalue weighted by atomic mass is 16.4. The van der Waals surface area contributed by atoms with E-state index in [1.165, 1.54) is 6.07 Å². The Hall–Kier alpha value is -2.24. The molecule has 0 unspecified atom stereocenters. The summed E-state index contributed by atoms with van der Waals surface area (Å²) in [5.74, 6) is -1.10. The number of hydrogen-bond acceptors (Lipinski definition) is 4. The Bertz CT molecular complexity index is 498. The van der Waals surface area contributed by atoms with Crippen LogP contribution in [-0.2, 0) is 4.79 Å². The molecule has 0 radical (unpaired) electrons. The topological polar surface area (TPSA) is 86.9 Å². The van der Waals surface area contributed by atoms with Crippen LogP contribution in [0.2, 0.25) is 0 Å². The fourth-order valence-electron chi connectivity index (χ4n) is 2.02. The average molecular weight is 279 g/mol. The van der Waals surface area contributed by atoms with Crippen LogP contribution in [0.1, 0.15) is 24.2 Å². The minimum Gasteiger partial charge on any atom is -0.478 e. The van der Waals surface area contributed by atoms with Gasteiger partial charge in [0, 0.05) is 25.8 Å².